The number of pyridine rings is 1. The van der Waals surface area contributed by atoms with Gasteiger partial charge in [-0.3, -0.25) is 0 Å². The molecule has 112 valence electrons. The lowest BCUT2D eigenvalue weighted by Crippen LogP contribution is -2.40. The number of nitrogens with zero attached hydrogens (tertiary/aromatic N) is 3. The van der Waals surface area contributed by atoms with Crippen LogP contribution in [0.5, 0.6) is 0 Å². The second kappa shape index (κ2) is 5.92. The van der Waals surface area contributed by atoms with Crippen molar-refractivity contribution in [1.82, 2.24) is 20.4 Å². The molecule has 0 aromatic carbocycles. The van der Waals surface area contributed by atoms with Gasteiger partial charge in [-0.1, -0.05) is 6.07 Å². The molecule has 7 nitrogen and oxygen atoms in total. The second-order valence-electron chi connectivity index (χ2n) is 5.77. The molecule has 2 aromatic heterocycles. The molecule has 0 bridgehead atoms. The third kappa shape index (κ3) is 4.28. The van der Waals surface area contributed by atoms with E-state index in [2.05, 4.69) is 31.1 Å². The average molecular weight is 287 g/mol. The zero-order valence-electron chi connectivity index (χ0n) is 12.7. The molecule has 0 amide bonds. The van der Waals surface area contributed by atoms with Crippen LogP contribution in [0.4, 0.5) is 23.1 Å². The minimum Gasteiger partial charge on any atom is -0.393 e. The summed E-state index contributed by atoms with van der Waals surface area (Å²) in [7, 11) is 0. The van der Waals surface area contributed by atoms with Gasteiger partial charge in [0.1, 0.15) is 17.8 Å². The first kappa shape index (κ1) is 15.0. The van der Waals surface area contributed by atoms with Gasteiger partial charge in [-0.05, 0) is 39.8 Å². The maximum Gasteiger partial charge on any atom is 0.169 e. The SMILES string of the molecule is Cc1cccc(Nc2ncnc(NNC(C)(C)C)c2N)n1. The van der Waals surface area contributed by atoms with Gasteiger partial charge in [0.2, 0.25) is 0 Å². The number of aryl methyl sites for hydroxylation is 1. The van der Waals surface area contributed by atoms with Crippen LogP contribution in [0.1, 0.15) is 26.5 Å². The van der Waals surface area contributed by atoms with E-state index >= 15 is 0 Å². The van der Waals surface area contributed by atoms with Crippen molar-refractivity contribution in [3.05, 3.63) is 30.2 Å². The molecule has 0 fully saturated rings. The highest BCUT2D eigenvalue weighted by molar-refractivity contribution is 5.76. The van der Waals surface area contributed by atoms with Crippen molar-refractivity contribution in [1.29, 1.82) is 0 Å². The van der Waals surface area contributed by atoms with E-state index in [0.717, 1.165) is 5.69 Å². The largest absolute Gasteiger partial charge is 0.393 e. The van der Waals surface area contributed by atoms with E-state index in [1.54, 1.807) is 0 Å². The normalized spacial score (nSPS) is 11.2. The molecule has 0 aliphatic heterocycles. The monoisotopic (exact) mass is 287 g/mol. The van der Waals surface area contributed by atoms with Gasteiger partial charge in [-0.2, -0.15) is 0 Å². The Hall–Kier alpha value is -2.41. The molecule has 0 unspecified atom stereocenters. The highest BCUT2D eigenvalue weighted by Crippen LogP contribution is 2.24. The first-order chi connectivity index (χ1) is 9.85. The van der Waals surface area contributed by atoms with Gasteiger partial charge in [-0.15, -0.1) is 0 Å². The van der Waals surface area contributed by atoms with Gasteiger partial charge >= 0.3 is 0 Å². The van der Waals surface area contributed by atoms with Crippen LogP contribution in [0.25, 0.3) is 0 Å². The van der Waals surface area contributed by atoms with Crippen LogP contribution in [-0.2, 0) is 0 Å². The lowest BCUT2D eigenvalue weighted by molar-refractivity contribution is 0.464. The van der Waals surface area contributed by atoms with Gasteiger partial charge in [0, 0.05) is 11.2 Å². The third-order valence-electron chi connectivity index (χ3n) is 2.57. The summed E-state index contributed by atoms with van der Waals surface area (Å²) in [6.07, 6.45) is 1.45. The fourth-order valence-electron chi connectivity index (χ4n) is 1.58. The van der Waals surface area contributed by atoms with Crippen molar-refractivity contribution in [2.24, 2.45) is 0 Å². The van der Waals surface area contributed by atoms with Crippen molar-refractivity contribution in [2.75, 3.05) is 16.5 Å². The van der Waals surface area contributed by atoms with E-state index in [0.29, 0.717) is 23.1 Å². The number of hydrazine groups is 1. The molecule has 0 spiro atoms. The molecule has 0 atom stereocenters. The molecule has 2 rings (SSSR count). The molecule has 0 saturated heterocycles. The number of aromatic nitrogens is 3. The van der Waals surface area contributed by atoms with Crippen molar-refractivity contribution < 1.29 is 0 Å². The molecule has 2 heterocycles. The number of anilines is 4. The molecule has 5 N–H and O–H groups in total. The number of rotatable bonds is 4. The molecule has 0 saturated carbocycles. The fraction of sp³-hybridized carbons (Fsp3) is 0.357. The van der Waals surface area contributed by atoms with E-state index in [4.69, 9.17) is 5.73 Å². The smallest absolute Gasteiger partial charge is 0.169 e. The number of nitrogens with one attached hydrogen (secondary N) is 3. The van der Waals surface area contributed by atoms with Crippen LogP contribution in [0.3, 0.4) is 0 Å². The summed E-state index contributed by atoms with van der Waals surface area (Å²) in [5, 5.41) is 3.10. The predicted octanol–water partition coefficient (Wildman–Crippen LogP) is 2.22. The van der Waals surface area contributed by atoms with Gasteiger partial charge in [0.25, 0.3) is 0 Å². The Morgan fingerprint density at radius 3 is 2.48 bits per heavy atom. The average Bonchev–Trinajstić information content (AvgIpc) is 2.39. The fourth-order valence-corrected chi connectivity index (χ4v) is 1.58. The topological polar surface area (TPSA) is 101 Å². The van der Waals surface area contributed by atoms with E-state index in [1.165, 1.54) is 6.33 Å². The third-order valence-corrected chi connectivity index (χ3v) is 2.57. The van der Waals surface area contributed by atoms with Crippen molar-refractivity contribution in [3.63, 3.8) is 0 Å². The van der Waals surface area contributed by atoms with Crippen LogP contribution in [-0.4, -0.2) is 20.5 Å². The van der Waals surface area contributed by atoms with Gasteiger partial charge in [-0.25, -0.2) is 20.4 Å². The Morgan fingerprint density at radius 1 is 1.10 bits per heavy atom. The minimum atomic E-state index is -0.108. The van der Waals surface area contributed by atoms with Gasteiger partial charge < -0.3 is 16.5 Å². The first-order valence-electron chi connectivity index (χ1n) is 6.69. The quantitative estimate of drug-likeness (QED) is 0.640. The lowest BCUT2D eigenvalue weighted by atomic mass is 10.1. The van der Waals surface area contributed by atoms with E-state index in [-0.39, 0.29) is 5.54 Å². The molecular weight excluding hydrogens is 266 g/mol. The molecule has 21 heavy (non-hydrogen) atoms. The van der Waals surface area contributed by atoms with Crippen LogP contribution in [0.2, 0.25) is 0 Å². The van der Waals surface area contributed by atoms with Crippen LogP contribution in [0, 0.1) is 6.92 Å². The molecule has 2 aromatic rings. The van der Waals surface area contributed by atoms with E-state index in [1.807, 2.05) is 45.9 Å². The van der Waals surface area contributed by atoms with Crippen molar-refractivity contribution in [3.8, 4) is 0 Å². The Balaban J connectivity index is 2.17. The number of hydrogen-bond donors (Lipinski definition) is 4. The Bertz CT molecular complexity index is 619. The Labute approximate surface area is 124 Å². The summed E-state index contributed by atoms with van der Waals surface area (Å²) in [5.41, 5.74) is 13.4. The van der Waals surface area contributed by atoms with Crippen LogP contribution in [0.15, 0.2) is 24.5 Å². The summed E-state index contributed by atoms with van der Waals surface area (Å²) in [6, 6.07) is 5.70. The van der Waals surface area contributed by atoms with Crippen molar-refractivity contribution in [2.45, 2.75) is 33.2 Å². The zero-order chi connectivity index (χ0) is 15.5. The lowest BCUT2D eigenvalue weighted by Gasteiger charge is -2.22. The number of nitrogens with two attached hydrogens (primary N) is 1. The van der Waals surface area contributed by atoms with Gasteiger partial charge in [0.05, 0.1) is 0 Å². The minimum absolute atomic E-state index is 0.108. The summed E-state index contributed by atoms with van der Waals surface area (Å²) < 4.78 is 0. The highest BCUT2D eigenvalue weighted by atomic mass is 15.4. The standard InChI is InChI=1S/C14H21N7/c1-9-6-5-7-10(18-9)19-12-11(15)13(17-8-16-12)20-21-14(2,3)4/h5-8,21H,15H2,1-4H3,(H2,16,17,18,19,20). The second-order valence-corrected chi connectivity index (χ2v) is 5.77. The highest BCUT2D eigenvalue weighted by Gasteiger charge is 2.12. The summed E-state index contributed by atoms with van der Waals surface area (Å²) >= 11 is 0. The van der Waals surface area contributed by atoms with E-state index in [9.17, 15) is 0 Å². The predicted molar refractivity (Wildman–Crippen MR) is 85.2 cm³/mol. The van der Waals surface area contributed by atoms with Gasteiger partial charge in [0.15, 0.2) is 11.6 Å². The number of nitrogen functional groups attached to an aromatic ring is 1. The Kier molecular flexibility index (Phi) is 4.23. The maximum absolute atomic E-state index is 6.08. The molecule has 7 heteroatoms. The Morgan fingerprint density at radius 2 is 1.81 bits per heavy atom. The van der Waals surface area contributed by atoms with Crippen LogP contribution < -0.4 is 21.9 Å². The zero-order valence-corrected chi connectivity index (χ0v) is 12.7. The van der Waals surface area contributed by atoms with Crippen molar-refractivity contribution >= 4 is 23.1 Å². The molecular formula is C14H21N7. The summed E-state index contributed by atoms with van der Waals surface area (Å²) in [5.74, 6) is 1.73. The first-order valence-corrected chi connectivity index (χ1v) is 6.69. The van der Waals surface area contributed by atoms with E-state index < -0.39 is 0 Å². The summed E-state index contributed by atoms with van der Waals surface area (Å²) in [6.45, 7) is 8.03. The molecule has 0 aliphatic rings. The molecule has 0 aliphatic carbocycles. The molecule has 0 radical (unpaired) electrons. The maximum atomic E-state index is 6.08. The summed E-state index contributed by atoms with van der Waals surface area (Å²) in [4.78, 5) is 12.6. The van der Waals surface area contributed by atoms with Crippen LogP contribution >= 0.6 is 0 Å². The number of hydrogen-bond acceptors (Lipinski definition) is 7.